The molecule has 7 heteroatoms. The monoisotopic (exact) mass is 505 g/mol. The van der Waals surface area contributed by atoms with E-state index in [2.05, 4.69) is 60.7 Å². The number of nitrogens with zero attached hydrogens (tertiary/aromatic N) is 2. The van der Waals surface area contributed by atoms with Crippen molar-refractivity contribution in [2.24, 2.45) is 0 Å². The lowest BCUT2D eigenvalue weighted by atomic mass is 9.78. The smallest absolute Gasteiger partial charge is 0.286 e. The van der Waals surface area contributed by atoms with Crippen LogP contribution < -0.4 is 10.1 Å². The molecule has 36 heavy (non-hydrogen) atoms. The molecular weight excluding hydrogens is 474 g/mol. The maximum atomic E-state index is 12.4. The van der Waals surface area contributed by atoms with Crippen molar-refractivity contribution in [2.75, 3.05) is 6.54 Å². The van der Waals surface area contributed by atoms with Gasteiger partial charge in [0.25, 0.3) is 5.91 Å². The molecule has 0 atom stereocenters. The Morgan fingerprint density at radius 1 is 1.03 bits per heavy atom. The second kappa shape index (κ2) is 11.0. The van der Waals surface area contributed by atoms with Crippen molar-refractivity contribution in [3.8, 4) is 5.75 Å². The predicted octanol–water partition coefficient (Wildman–Crippen LogP) is 6.47. The Labute approximate surface area is 217 Å². The zero-order chi connectivity index (χ0) is 25.7. The Morgan fingerprint density at radius 3 is 2.39 bits per heavy atom. The summed E-state index contributed by atoms with van der Waals surface area (Å²) in [7, 11) is 0. The van der Waals surface area contributed by atoms with E-state index < -0.39 is 0 Å². The molecule has 0 saturated carbocycles. The average Bonchev–Trinajstić information content (AvgIpc) is 3.46. The number of halogens is 1. The summed E-state index contributed by atoms with van der Waals surface area (Å²) in [5.74, 6) is 1.35. The quantitative estimate of drug-likeness (QED) is 0.251. The van der Waals surface area contributed by atoms with E-state index in [-0.39, 0.29) is 23.7 Å². The van der Waals surface area contributed by atoms with Crippen LogP contribution in [-0.2, 0) is 18.6 Å². The van der Waals surface area contributed by atoms with Crippen LogP contribution in [0.2, 0.25) is 5.02 Å². The van der Waals surface area contributed by atoms with Gasteiger partial charge in [-0.05, 0) is 55.7 Å². The lowest BCUT2D eigenvalue weighted by Crippen LogP contribution is -2.25. The number of rotatable bonds is 10. The highest BCUT2D eigenvalue weighted by Gasteiger charge is 2.22. The van der Waals surface area contributed by atoms with E-state index in [1.54, 1.807) is 12.1 Å². The molecule has 0 aliphatic heterocycles. The number of hydrogen-bond acceptors (Lipinski definition) is 4. The highest BCUT2D eigenvalue weighted by Crippen LogP contribution is 2.32. The van der Waals surface area contributed by atoms with Crippen molar-refractivity contribution in [1.29, 1.82) is 0 Å². The van der Waals surface area contributed by atoms with E-state index in [0.717, 1.165) is 23.6 Å². The number of ether oxygens (including phenoxy) is 1. The lowest BCUT2D eigenvalue weighted by Gasteiger charge is -2.26. The molecule has 0 radical (unpaired) electrons. The highest BCUT2D eigenvalue weighted by molar-refractivity contribution is 6.31. The summed E-state index contributed by atoms with van der Waals surface area (Å²) in [6, 6.07) is 22.0. The fourth-order valence-electron chi connectivity index (χ4n) is 4.13. The molecule has 2 aromatic heterocycles. The standard InChI is InChI=1S/C29H32ClN3O3/c1-20-27(30)21(2)33(32-20)18-8-17-31-28(34)26-16-15-25(36-26)19-35-24-13-11-23(12-14-24)29(3,4)22-9-6-5-7-10-22/h5-7,9-16H,8,17-19H2,1-4H3,(H,31,34). The number of aryl methyl sites for hydroxylation is 2. The predicted molar refractivity (Wildman–Crippen MR) is 142 cm³/mol. The second-order valence-corrected chi connectivity index (χ2v) is 9.77. The lowest BCUT2D eigenvalue weighted by molar-refractivity contribution is 0.0920. The van der Waals surface area contributed by atoms with Crippen LogP contribution in [-0.4, -0.2) is 22.2 Å². The van der Waals surface area contributed by atoms with Gasteiger partial charge in [0.15, 0.2) is 5.76 Å². The maximum Gasteiger partial charge on any atom is 0.286 e. The van der Waals surface area contributed by atoms with E-state index in [1.807, 2.05) is 36.7 Å². The molecule has 4 rings (SSSR count). The summed E-state index contributed by atoms with van der Waals surface area (Å²) in [4.78, 5) is 12.4. The first-order chi connectivity index (χ1) is 17.3. The van der Waals surface area contributed by atoms with Gasteiger partial charge in [-0.2, -0.15) is 5.10 Å². The number of carbonyl (C=O) groups is 1. The van der Waals surface area contributed by atoms with Gasteiger partial charge in [-0.15, -0.1) is 0 Å². The largest absolute Gasteiger partial charge is 0.486 e. The van der Waals surface area contributed by atoms with Crippen LogP contribution in [0, 0.1) is 13.8 Å². The molecule has 1 N–H and O–H groups in total. The maximum absolute atomic E-state index is 12.4. The molecule has 0 aliphatic rings. The third kappa shape index (κ3) is 5.82. The Kier molecular flexibility index (Phi) is 7.85. The van der Waals surface area contributed by atoms with Crippen molar-refractivity contribution in [1.82, 2.24) is 15.1 Å². The topological polar surface area (TPSA) is 69.3 Å². The van der Waals surface area contributed by atoms with Gasteiger partial charge in [-0.1, -0.05) is 67.9 Å². The summed E-state index contributed by atoms with van der Waals surface area (Å²) >= 11 is 6.18. The van der Waals surface area contributed by atoms with Gasteiger partial charge in [-0.25, -0.2) is 0 Å². The van der Waals surface area contributed by atoms with Crippen LogP contribution in [0.3, 0.4) is 0 Å². The summed E-state index contributed by atoms with van der Waals surface area (Å²) in [5, 5.41) is 7.98. The fraction of sp³-hybridized carbons (Fsp3) is 0.310. The summed E-state index contributed by atoms with van der Waals surface area (Å²) in [6.07, 6.45) is 0.734. The summed E-state index contributed by atoms with van der Waals surface area (Å²) in [5.41, 5.74) is 4.11. The first-order valence-corrected chi connectivity index (χ1v) is 12.5. The van der Waals surface area contributed by atoms with Crippen LogP contribution in [0.4, 0.5) is 0 Å². The van der Waals surface area contributed by atoms with Crippen LogP contribution >= 0.6 is 11.6 Å². The van der Waals surface area contributed by atoms with E-state index in [9.17, 15) is 4.79 Å². The van der Waals surface area contributed by atoms with Gasteiger partial charge in [0, 0.05) is 18.5 Å². The van der Waals surface area contributed by atoms with Gasteiger partial charge in [0.1, 0.15) is 18.1 Å². The first kappa shape index (κ1) is 25.6. The van der Waals surface area contributed by atoms with Crippen molar-refractivity contribution in [3.05, 3.63) is 106 Å². The number of aromatic nitrogens is 2. The minimum absolute atomic E-state index is 0.105. The number of benzene rings is 2. The minimum atomic E-state index is -0.250. The van der Waals surface area contributed by atoms with Crippen LogP contribution in [0.15, 0.2) is 71.1 Å². The van der Waals surface area contributed by atoms with Crippen molar-refractivity contribution in [2.45, 2.75) is 52.7 Å². The van der Waals surface area contributed by atoms with Gasteiger partial charge in [-0.3, -0.25) is 9.48 Å². The Morgan fingerprint density at radius 2 is 1.72 bits per heavy atom. The van der Waals surface area contributed by atoms with Gasteiger partial charge in [0.05, 0.1) is 16.4 Å². The van der Waals surface area contributed by atoms with E-state index >= 15 is 0 Å². The van der Waals surface area contributed by atoms with Crippen LogP contribution in [0.5, 0.6) is 5.75 Å². The molecule has 188 valence electrons. The highest BCUT2D eigenvalue weighted by atomic mass is 35.5. The Balaban J connectivity index is 1.25. The van der Waals surface area contributed by atoms with Gasteiger partial charge < -0.3 is 14.5 Å². The number of furan rings is 1. The van der Waals surface area contributed by atoms with E-state index in [1.165, 1.54) is 11.1 Å². The summed E-state index contributed by atoms with van der Waals surface area (Å²) in [6.45, 7) is 9.67. The van der Waals surface area contributed by atoms with E-state index in [4.69, 9.17) is 20.8 Å². The number of nitrogens with one attached hydrogen (secondary N) is 1. The molecule has 2 heterocycles. The average molecular weight is 506 g/mol. The molecule has 0 bridgehead atoms. The minimum Gasteiger partial charge on any atom is -0.486 e. The fourth-order valence-corrected chi connectivity index (χ4v) is 4.27. The van der Waals surface area contributed by atoms with Crippen LogP contribution in [0.25, 0.3) is 0 Å². The van der Waals surface area contributed by atoms with Crippen molar-refractivity contribution < 1.29 is 13.9 Å². The molecule has 0 spiro atoms. The number of carbonyl (C=O) groups excluding carboxylic acids is 1. The molecule has 0 fully saturated rings. The third-order valence-electron chi connectivity index (χ3n) is 6.46. The zero-order valence-electron chi connectivity index (χ0n) is 21.2. The molecule has 0 unspecified atom stereocenters. The third-order valence-corrected chi connectivity index (χ3v) is 7.01. The van der Waals surface area contributed by atoms with Crippen molar-refractivity contribution >= 4 is 17.5 Å². The first-order valence-electron chi connectivity index (χ1n) is 12.1. The van der Waals surface area contributed by atoms with Crippen molar-refractivity contribution in [3.63, 3.8) is 0 Å². The SMILES string of the molecule is Cc1nn(CCCNC(=O)c2ccc(COc3ccc(C(C)(C)c4ccccc4)cc3)o2)c(C)c1Cl. The molecule has 1 amide bonds. The molecule has 4 aromatic rings. The number of hydrogen-bond donors (Lipinski definition) is 1. The van der Waals surface area contributed by atoms with E-state index in [0.29, 0.717) is 23.9 Å². The zero-order valence-corrected chi connectivity index (χ0v) is 21.9. The molecule has 0 aliphatic carbocycles. The Hall–Kier alpha value is -3.51. The molecule has 0 saturated heterocycles. The summed E-state index contributed by atoms with van der Waals surface area (Å²) < 4.78 is 13.4. The number of amides is 1. The molecule has 2 aromatic carbocycles. The normalized spacial score (nSPS) is 11.5. The molecular formula is C29H32ClN3O3. The second-order valence-electron chi connectivity index (χ2n) is 9.39. The van der Waals surface area contributed by atoms with Gasteiger partial charge >= 0.3 is 0 Å². The van der Waals surface area contributed by atoms with Crippen LogP contribution in [0.1, 0.15) is 59.1 Å². The molecule has 6 nitrogen and oxygen atoms in total. The Bertz CT molecular complexity index is 1310. The van der Waals surface area contributed by atoms with Gasteiger partial charge in [0.2, 0.25) is 0 Å².